The standard InChI is InChI=1S/C10H17BrN2OS/c1-3-9-8-15-10(12-9)13(5-4-11)6-7-14-2/h8H,3-7H2,1-2H3. The molecule has 0 aliphatic rings. The van der Waals surface area contributed by atoms with Crippen LogP contribution in [0.25, 0.3) is 0 Å². The number of nitrogens with zero attached hydrogens (tertiary/aromatic N) is 2. The first-order valence-corrected chi connectivity index (χ1v) is 7.06. The molecule has 0 fully saturated rings. The molecule has 1 aromatic heterocycles. The van der Waals surface area contributed by atoms with Crippen LogP contribution in [0.5, 0.6) is 0 Å². The van der Waals surface area contributed by atoms with Crippen molar-refractivity contribution >= 4 is 32.4 Å². The third kappa shape index (κ3) is 4.09. The Kier molecular flexibility index (Phi) is 6.20. The van der Waals surface area contributed by atoms with E-state index in [0.717, 1.165) is 36.6 Å². The molecule has 0 saturated heterocycles. The van der Waals surface area contributed by atoms with Crippen molar-refractivity contribution in [2.45, 2.75) is 13.3 Å². The molecular formula is C10H17BrN2OS. The van der Waals surface area contributed by atoms with Gasteiger partial charge in [0.15, 0.2) is 5.13 Å². The summed E-state index contributed by atoms with van der Waals surface area (Å²) in [5.74, 6) is 0. The first-order chi connectivity index (χ1) is 7.31. The molecule has 0 spiro atoms. The number of hydrogen-bond acceptors (Lipinski definition) is 4. The van der Waals surface area contributed by atoms with Gasteiger partial charge in [-0.05, 0) is 6.42 Å². The fraction of sp³-hybridized carbons (Fsp3) is 0.700. The lowest BCUT2D eigenvalue weighted by Gasteiger charge is -2.19. The van der Waals surface area contributed by atoms with Crippen molar-refractivity contribution in [3.05, 3.63) is 11.1 Å². The lowest BCUT2D eigenvalue weighted by molar-refractivity contribution is 0.205. The molecule has 0 unspecified atom stereocenters. The third-order valence-electron chi connectivity index (χ3n) is 2.09. The van der Waals surface area contributed by atoms with E-state index in [1.165, 1.54) is 5.69 Å². The Bertz CT molecular complexity index is 280. The summed E-state index contributed by atoms with van der Waals surface area (Å²) in [4.78, 5) is 6.82. The van der Waals surface area contributed by atoms with E-state index in [1.807, 2.05) is 0 Å². The van der Waals surface area contributed by atoms with Crippen LogP contribution in [0.1, 0.15) is 12.6 Å². The SMILES string of the molecule is CCc1csc(N(CCBr)CCOC)n1. The molecule has 0 bridgehead atoms. The van der Waals surface area contributed by atoms with Crippen molar-refractivity contribution in [3.63, 3.8) is 0 Å². The van der Waals surface area contributed by atoms with E-state index in [9.17, 15) is 0 Å². The summed E-state index contributed by atoms with van der Waals surface area (Å²) in [7, 11) is 1.73. The lowest BCUT2D eigenvalue weighted by atomic mass is 10.4. The van der Waals surface area contributed by atoms with Crippen LogP contribution in [0, 0.1) is 0 Å². The van der Waals surface area contributed by atoms with Gasteiger partial charge in [-0.15, -0.1) is 11.3 Å². The van der Waals surface area contributed by atoms with Crippen molar-refractivity contribution in [2.75, 3.05) is 37.0 Å². The van der Waals surface area contributed by atoms with Crippen LogP contribution in [0.3, 0.4) is 0 Å². The molecular weight excluding hydrogens is 276 g/mol. The Morgan fingerprint density at radius 1 is 1.53 bits per heavy atom. The second kappa shape index (κ2) is 7.19. The van der Waals surface area contributed by atoms with Crippen molar-refractivity contribution in [2.24, 2.45) is 0 Å². The van der Waals surface area contributed by atoms with Gasteiger partial charge in [-0.25, -0.2) is 4.98 Å². The number of halogens is 1. The van der Waals surface area contributed by atoms with Crippen LogP contribution in [0.4, 0.5) is 5.13 Å². The van der Waals surface area contributed by atoms with Crippen LogP contribution in [-0.4, -0.2) is 37.1 Å². The zero-order valence-corrected chi connectivity index (χ0v) is 11.6. The molecule has 1 aromatic rings. The predicted molar refractivity (Wildman–Crippen MR) is 69.4 cm³/mol. The molecule has 5 heteroatoms. The highest BCUT2D eigenvalue weighted by atomic mass is 79.9. The van der Waals surface area contributed by atoms with Crippen LogP contribution in [0.15, 0.2) is 5.38 Å². The van der Waals surface area contributed by atoms with Gasteiger partial charge in [0, 0.05) is 30.9 Å². The quantitative estimate of drug-likeness (QED) is 0.722. The lowest BCUT2D eigenvalue weighted by Crippen LogP contribution is -2.28. The van der Waals surface area contributed by atoms with Crippen LogP contribution in [0.2, 0.25) is 0 Å². The smallest absolute Gasteiger partial charge is 0.185 e. The van der Waals surface area contributed by atoms with Gasteiger partial charge in [-0.2, -0.15) is 0 Å². The Morgan fingerprint density at radius 2 is 2.33 bits per heavy atom. The average Bonchev–Trinajstić information content (AvgIpc) is 2.72. The van der Waals surface area contributed by atoms with Crippen LogP contribution >= 0.6 is 27.3 Å². The van der Waals surface area contributed by atoms with Gasteiger partial charge < -0.3 is 9.64 Å². The molecule has 15 heavy (non-hydrogen) atoms. The summed E-state index contributed by atoms with van der Waals surface area (Å²) in [6.45, 7) is 4.75. The van der Waals surface area contributed by atoms with E-state index in [-0.39, 0.29) is 0 Å². The van der Waals surface area contributed by atoms with Gasteiger partial charge in [0.25, 0.3) is 0 Å². The topological polar surface area (TPSA) is 25.4 Å². The number of thiazole rings is 1. The van der Waals surface area contributed by atoms with E-state index in [4.69, 9.17) is 4.74 Å². The van der Waals surface area contributed by atoms with Crippen molar-refractivity contribution < 1.29 is 4.74 Å². The van der Waals surface area contributed by atoms with E-state index in [1.54, 1.807) is 18.4 Å². The average molecular weight is 293 g/mol. The van der Waals surface area contributed by atoms with E-state index in [2.05, 4.69) is 38.1 Å². The molecule has 0 radical (unpaired) electrons. The fourth-order valence-corrected chi connectivity index (χ4v) is 2.60. The number of alkyl halides is 1. The number of ether oxygens (including phenoxy) is 1. The maximum Gasteiger partial charge on any atom is 0.185 e. The molecule has 0 aliphatic carbocycles. The van der Waals surface area contributed by atoms with E-state index >= 15 is 0 Å². The molecule has 0 aromatic carbocycles. The van der Waals surface area contributed by atoms with Gasteiger partial charge in [0.1, 0.15) is 0 Å². The molecule has 86 valence electrons. The van der Waals surface area contributed by atoms with Gasteiger partial charge in [0.2, 0.25) is 0 Å². The Hall–Kier alpha value is -0.130. The van der Waals surface area contributed by atoms with Gasteiger partial charge in [0.05, 0.1) is 12.3 Å². The molecule has 1 rings (SSSR count). The number of rotatable bonds is 7. The van der Waals surface area contributed by atoms with E-state index in [0.29, 0.717) is 0 Å². The predicted octanol–water partition coefficient (Wildman–Crippen LogP) is 2.55. The summed E-state index contributed by atoms with van der Waals surface area (Å²) >= 11 is 5.17. The number of anilines is 1. The molecule has 0 atom stereocenters. The third-order valence-corrected chi connectivity index (χ3v) is 3.40. The largest absolute Gasteiger partial charge is 0.383 e. The number of aromatic nitrogens is 1. The monoisotopic (exact) mass is 292 g/mol. The zero-order chi connectivity index (χ0) is 11.1. The summed E-state index contributed by atoms with van der Waals surface area (Å²) in [5.41, 5.74) is 1.17. The van der Waals surface area contributed by atoms with Crippen molar-refractivity contribution in [1.29, 1.82) is 0 Å². The Balaban J connectivity index is 2.60. The summed E-state index contributed by atoms with van der Waals surface area (Å²) in [6, 6.07) is 0. The number of methoxy groups -OCH3 is 1. The fourth-order valence-electron chi connectivity index (χ4n) is 1.21. The summed E-state index contributed by atoms with van der Waals surface area (Å²) in [6.07, 6.45) is 1.00. The Labute approximate surface area is 104 Å². The first-order valence-electron chi connectivity index (χ1n) is 5.06. The van der Waals surface area contributed by atoms with E-state index < -0.39 is 0 Å². The van der Waals surface area contributed by atoms with Crippen molar-refractivity contribution in [1.82, 2.24) is 4.98 Å². The maximum absolute atomic E-state index is 5.09. The minimum absolute atomic E-state index is 0.744. The van der Waals surface area contributed by atoms with Crippen LogP contribution < -0.4 is 4.90 Å². The second-order valence-electron chi connectivity index (χ2n) is 3.14. The highest BCUT2D eigenvalue weighted by Crippen LogP contribution is 2.20. The number of aryl methyl sites for hydroxylation is 1. The van der Waals surface area contributed by atoms with Crippen molar-refractivity contribution in [3.8, 4) is 0 Å². The maximum atomic E-state index is 5.09. The minimum Gasteiger partial charge on any atom is -0.383 e. The molecule has 0 amide bonds. The first kappa shape index (κ1) is 12.9. The van der Waals surface area contributed by atoms with Gasteiger partial charge in [-0.1, -0.05) is 22.9 Å². The second-order valence-corrected chi connectivity index (χ2v) is 4.77. The molecule has 1 heterocycles. The van der Waals surface area contributed by atoms with Gasteiger partial charge in [-0.3, -0.25) is 0 Å². The molecule has 0 N–H and O–H groups in total. The summed E-state index contributed by atoms with van der Waals surface area (Å²) in [5, 5.41) is 4.18. The summed E-state index contributed by atoms with van der Waals surface area (Å²) < 4.78 is 5.09. The highest BCUT2D eigenvalue weighted by Gasteiger charge is 2.09. The zero-order valence-electron chi connectivity index (χ0n) is 9.20. The minimum atomic E-state index is 0.744. The Morgan fingerprint density at radius 3 is 2.87 bits per heavy atom. The highest BCUT2D eigenvalue weighted by molar-refractivity contribution is 9.09. The molecule has 0 saturated carbocycles. The van der Waals surface area contributed by atoms with Crippen LogP contribution in [-0.2, 0) is 11.2 Å². The molecule has 0 aliphatic heterocycles. The van der Waals surface area contributed by atoms with Gasteiger partial charge >= 0.3 is 0 Å². The normalized spacial score (nSPS) is 10.6. The number of hydrogen-bond donors (Lipinski definition) is 0. The molecule has 3 nitrogen and oxygen atoms in total.